The number of ether oxygens (including phenoxy) is 1. The van der Waals surface area contributed by atoms with Crippen LogP contribution in [0.1, 0.15) is 135 Å². The van der Waals surface area contributed by atoms with E-state index >= 15 is 0 Å². The summed E-state index contributed by atoms with van der Waals surface area (Å²) in [7, 11) is 3.90. The third-order valence-electron chi connectivity index (χ3n) is 7.06. The van der Waals surface area contributed by atoms with Crippen molar-refractivity contribution >= 4 is 29.3 Å². The first kappa shape index (κ1) is 37.6. The molecule has 39 heavy (non-hydrogen) atoms. The Morgan fingerprint density at radius 1 is 0.692 bits per heavy atom. The predicted molar refractivity (Wildman–Crippen MR) is 167 cm³/mol. The second kappa shape index (κ2) is 28.1. The molecule has 0 bridgehead atoms. The summed E-state index contributed by atoms with van der Waals surface area (Å²) in [5.74, 6) is -0.743. The van der Waals surface area contributed by atoms with Gasteiger partial charge in [-0.15, -0.1) is 0 Å². The van der Waals surface area contributed by atoms with Gasteiger partial charge in [-0.05, 0) is 70.4 Å². The summed E-state index contributed by atoms with van der Waals surface area (Å²) in [4.78, 5) is 27.1. The summed E-state index contributed by atoms with van der Waals surface area (Å²) in [6, 6.07) is 0. The Labute approximate surface area is 245 Å². The standard InChI is InChI=1S/C31H61N3O4S/c1-4-5-6-7-8-9-10-14-20-28-38-30(37)23-17-15-19-26-34(27-21-24-32-31(39)33(2)3)25-18-13-11-12-16-22-29(35)36/h4-28H2,1-3H3,(H,32,39)(H,35,36). The first-order valence-corrected chi connectivity index (χ1v) is 16.3. The van der Waals surface area contributed by atoms with E-state index in [1.165, 1.54) is 44.9 Å². The minimum atomic E-state index is -0.699. The molecule has 0 rings (SSSR count). The molecule has 2 N–H and O–H groups in total. The molecular formula is C31H61N3O4S. The van der Waals surface area contributed by atoms with Gasteiger partial charge in [-0.2, -0.15) is 0 Å². The number of nitrogens with zero attached hydrogens (tertiary/aromatic N) is 2. The van der Waals surface area contributed by atoms with Crippen LogP contribution in [0.4, 0.5) is 0 Å². The van der Waals surface area contributed by atoms with Crippen molar-refractivity contribution in [2.24, 2.45) is 0 Å². The second-order valence-corrected chi connectivity index (χ2v) is 11.5. The number of thiocarbonyl (C=S) groups is 1. The van der Waals surface area contributed by atoms with Crippen LogP contribution < -0.4 is 5.32 Å². The number of carboxylic acids is 1. The number of aliphatic carboxylic acids is 1. The molecule has 230 valence electrons. The van der Waals surface area contributed by atoms with Crippen LogP contribution in [-0.2, 0) is 14.3 Å². The fourth-order valence-electron chi connectivity index (χ4n) is 4.59. The van der Waals surface area contributed by atoms with Crippen LogP contribution in [-0.4, -0.2) is 78.8 Å². The van der Waals surface area contributed by atoms with E-state index in [1.54, 1.807) is 0 Å². The molecule has 0 spiro atoms. The Hall–Kier alpha value is -1.41. The van der Waals surface area contributed by atoms with E-state index in [1.807, 2.05) is 19.0 Å². The van der Waals surface area contributed by atoms with E-state index < -0.39 is 5.97 Å². The molecule has 0 fully saturated rings. The van der Waals surface area contributed by atoms with Crippen LogP contribution >= 0.6 is 12.2 Å². The van der Waals surface area contributed by atoms with Gasteiger partial charge in [0.25, 0.3) is 0 Å². The Balaban J connectivity index is 3.96. The van der Waals surface area contributed by atoms with Crippen molar-refractivity contribution in [3.8, 4) is 0 Å². The average Bonchev–Trinajstić information content (AvgIpc) is 2.90. The Morgan fingerprint density at radius 2 is 1.18 bits per heavy atom. The summed E-state index contributed by atoms with van der Waals surface area (Å²) in [6.45, 7) is 6.84. The lowest BCUT2D eigenvalue weighted by Crippen LogP contribution is -2.36. The third-order valence-corrected chi connectivity index (χ3v) is 7.57. The SMILES string of the molecule is CCCCCCCCCCCOC(=O)CCCCCN(CCCCCCCC(=O)O)CCCNC(=S)N(C)C. The molecular weight excluding hydrogens is 510 g/mol. The molecule has 0 radical (unpaired) electrons. The first-order chi connectivity index (χ1) is 18.9. The number of carbonyl (C=O) groups excluding carboxylic acids is 1. The maximum absolute atomic E-state index is 12.1. The minimum Gasteiger partial charge on any atom is -0.481 e. The lowest BCUT2D eigenvalue weighted by atomic mass is 10.1. The molecule has 0 amide bonds. The molecule has 0 aromatic heterocycles. The highest BCUT2D eigenvalue weighted by Gasteiger charge is 2.07. The van der Waals surface area contributed by atoms with Gasteiger partial charge in [0.05, 0.1) is 6.61 Å². The highest BCUT2D eigenvalue weighted by molar-refractivity contribution is 7.80. The Morgan fingerprint density at radius 3 is 1.77 bits per heavy atom. The number of hydrogen-bond acceptors (Lipinski definition) is 5. The van der Waals surface area contributed by atoms with E-state index in [9.17, 15) is 9.59 Å². The van der Waals surface area contributed by atoms with Gasteiger partial charge < -0.3 is 25.0 Å². The van der Waals surface area contributed by atoms with E-state index in [-0.39, 0.29) is 12.4 Å². The predicted octanol–water partition coefficient (Wildman–Crippen LogP) is 7.17. The summed E-state index contributed by atoms with van der Waals surface area (Å²) >= 11 is 5.31. The Kier molecular flexibility index (Phi) is 27.1. The van der Waals surface area contributed by atoms with Gasteiger partial charge >= 0.3 is 11.9 Å². The Bertz CT molecular complexity index is 604. The van der Waals surface area contributed by atoms with Crippen LogP contribution in [0.15, 0.2) is 0 Å². The maximum Gasteiger partial charge on any atom is 0.305 e. The van der Waals surface area contributed by atoms with E-state index in [0.29, 0.717) is 13.0 Å². The summed E-state index contributed by atoms with van der Waals surface area (Å²) in [6.07, 6.45) is 21.5. The average molecular weight is 572 g/mol. The molecule has 0 unspecified atom stereocenters. The lowest BCUT2D eigenvalue weighted by Gasteiger charge is -2.23. The van der Waals surface area contributed by atoms with Crippen LogP contribution in [0, 0.1) is 0 Å². The molecule has 0 aliphatic heterocycles. The second-order valence-electron chi connectivity index (χ2n) is 11.1. The highest BCUT2D eigenvalue weighted by Crippen LogP contribution is 2.11. The molecule has 8 heteroatoms. The van der Waals surface area contributed by atoms with Crippen LogP contribution in [0.5, 0.6) is 0 Å². The molecule has 0 saturated carbocycles. The van der Waals surface area contributed by atoms with E-state index in [0.717, 1.165) is 102 Å². The largest absolute Gasteiger partial charge is 0.481 e. The van der Waals surface area contributed by atoms with Crippen LogP contribution in [0.2, 0.25) is 0 Å². The van der Waals surface area contributed by atoms with Gasteiger partial charge in [0, 0.05) is 33.5 Å². The van der Waals surface area contributed by atoms with E-state index in [2.05, 4.69) is 17.1 Å². The molecule has 0 saturated heterocycles. The molecule has 7 nitrogen and oxygen atoms in total. The van der Waals surface area contributed by atoms with Crippen molar-refractivity contribution in [2.45, 2.75) is 135 Å². The van der Waals surface area contributed by atoms with Gasteiger partial charge in [0.2, 0.25) is 0 Å². The van der Waals surface area contributed by atoms with Gasteiger partial charge in [-0.1, -0.05) is 84.0 Å². The maximum atomic E-state index is 12.1. The molecule has 0 aromatic rings. The van der Waals surface area contributed by atoms with Crippen molar-refractivity contribution in [3.63, 3.8) is 0 Å². The number of rotatable bonds is 28. The topological polar surface area (TPSA) is 82.1 Å². The zero-order chi connectivity index (χ0) is 29.0. The third kappa shape index (κ3) is 27.9. The van der Waals surface area contributed by atoms with Crippen molar-refractivity contribution in [3.05, 3.63) is 0 Å². The molecule has 0 aromatic carbocycles. The summed E-state index contributed by atoms with van der Waals surface area (Å²) < 4.78 is 5.43. The van der Waals surface area contributed by atoms with Gasteiger partial charge in [-0.3, -0.25) is 9.59 Å². The van der Waals surface area contributed by atoms with Gasteiger partial charge in [0.1, 0.15) is 0 Å². The zero-order valence-electron chi connectivity index (χ0n) is 25.7. The van der Waals surface area contributed by atoms with Gasteiger partial charge in [0.15, 0.2) is 5.11 Å². The highest BCUT2D eigenvalue weighted by atomic mass is 32.1. The minimum absolute atomic E-state index is 0.0442. The lowest BCUT2D eigenvalue weighted by molar-refractivity contribution is -0.144. The number of carboxylic acid groups (broad SMARTS) is 1. The zero-order valence-corrected chi connectivity index (χ0v) is 26.5. The van der Waals surface area contributed by atoms with Crippen molar-refractivity contribution < 1.29 is 19.4 Å². The quantitative estimate of drug-likeness (QED) is 0.0581. The molecule has 0 aliphatic rings. The van der Waals surface area contributed by atoms with Crippen LogP contribution in [0.3, 0.4) is 0 Å². The smallest absolute Gasteiger partial charge is 0.305 e. The van der Waals surface area contributed by atoms with Crippen molar-refractivity contribution in [1.82, 2.24) is 15.1 Å². The van der Waals surface area contributed by atoms with Crippen molar-refractivity contribution in [1.29, 1.82) is 0 Å². The first-order valence-electron chi connectivity index (χ1n) is 15.9. The van der Waals surface area contributed by atoms with E-state index in [4.69, 9.17) is 22.1 Å². The monoisotopic (exact) mass is 571 g/mol. The number of carbonyl (C=O) groups is 2. The van der Waals surface area contributed by atoms with Gasteiger partial charge in [-0.25, -0.2) is 0 Å². The van der Waals surface area contributed by atoms with Crippen molar-refractivity contribution in [2.75, 3.05) is 46.9 Å². The fourth-order valence-corrected chi connectivity index (χ4v) is 4.69. The molecule has 0 heterocycles. The summed E-state index contributed by atoms with van der Waals surface area (Å²) in [5, 5.41) is 12.8. The number of esters is 1. The van der Waals surface area contributed by atoms with Crippen LogP contribution in [0.25, 0.3) is 0 Å². The normalized spacial score (nSPS) is 11.1. The number of hydrogen-bond donors (Lipinski definition) is 2. The number of unbranched alkanes of at least 4 members (excludes halogenated alkanes) is 14. The molecule has 0 atom stereocenters. The molecule has 0 aliphatic carbocycles. The summed E-state index contributed by atoms with van der Waals surface area (Å²) in [5.41, 5.74) is 0. The number of nitrogens with one attached hydrogen (secondary N) is 1. The fraction of sp³-hybridized carbons (Fsp3) is 0.903.